The lowest BCUT2D eigenvalue weighted by Crippen LogP contribution is -2.46. The summed E-state index contributed by atoms with van der Waals surface area (Å²) in [5, 5.41) is 3.08. The fourth-order valence-corrected chi connectivity index (χ4v) is 4.23. The first-order chi connectivity index (χ1) is 13.4. The molecule has 0 saturated carbocycles. The van der Waals surface area contributed by atoms with Crippen LogP contribution in [0.4, 0.5) is 10.5 Å². The zero-order valence-corrected chi connectivity index (χ0v) is 16.2. The quantitative estimate of drug-likeness (QED) is 0.809. The molecule has 2 heterocycles. The van der Waals surface area contributed by atoms with Crippen LogP contribution in [-0.4, -0.2) is 35.8 Å². The van der Waals surface area contributed by atoms with Gasteiger partial charge >= 0.3 is 6.03 Å². The van der Waals surface area contributed by atoms with Gasteiger partial charge in [0.05, 0.1) is 0 Å². The van der Waals surface area contributed by atoms with Crippen LogP contribution < -0.4 is 10.2 Å². The number of carbonyl (C=O) groups is 3. The number of nitrogens with zero attached hydrogens (tertiary/aromatic N) is 2. The van der Waals surface area contributed by atoms with E-state index in [1.807, 2.05) is 24.3 Å². The Morgan fingerprint density at radius 3 is 2.64 bits per heavy atom. The van der Waals surface area contributed by atoms with Gasteiger partial charge in [-0.15, -0.1) is 0 Å². The number of rotatable bonds is 3. The molecular weight excluding hydrogens is 378 g/mol. The van der Waals surface area contributed by atoms with E-state index < -0.39 is 17.5 Å². The van der Waals surface area contributed by atoms with Gasteiger partial charge in [0.2, 0.25) is 5.91 Å². The molecule has 0 unspecified atom stereocenters. The van der Waals surface area contributed by atoms with Gasteiger partial charge in [-0.1, -0.05) is 48.0 Å². The summed E-state index contributed by atoms with van der Waals surface area (Å²) >= 11 is 6.24. The molecule has 1 fully saturated rings. The Morgan fingerprint density at radius 1 is 1.14 bits per heavy atom. The van der Waals surface area contributed by atoms with Crippen LogP contribution in [0, 0.1) is 0 Å². The van der Waals surface area contributed by atoms with Gasteiger partial charge in [-0.3, -0.25) is 14.5 Å². The first-order valence-corrected chi connectivity index (χ1v) is 9.57. The van der Waals surface area contributed by atoms with E-state index in [1.165, 1.54) is 0 Å². The monoisotopic (exact) mass is 397 g/mol. The number of hydrogen-bond donors (Lipinski definition) is 1. The van der Waals surface area contributed by atoms with E-state index in [-0.39, 0.29) is 12.5 Å². The van der Waals surface area contributed by atoms with Crippen molar-refractivity contribution >= 4 is 35.1 Å². The van der Waals surface area contributed by atoms with E-state index in [9.17, 15) is 14.4 Å². The largest absolute Gasteiger partial charge is 0.325 e. The molecule has 0 aliphatic carbocycles. The highest BCUT2D eigenvalue weighted by atomic mass is 35.5. The van der Waals surface area contributed by atoms with E-state index in [4.69, 9.17) is 11.6 Å². The van der Waals surface area contributed by atoms with Gasteiger partial charge in [-0.05, 0) is 37.5 Å². The van der Waals surface area contributed by atoms with Gasteiger partial charge in [0, 0.05) is 22.8 Å². The Hall–Kier alpha value is -2.86. The predicted molar refractivity (Wildman–Crippen MR) is 106 cm³/mol. The number of amides is 4. The first kappa shape index (κ1) is 18.5. The second-order valence-corrected chi connectivity index (χ2v) is 7.61. The van der Waals surface area contributed by atoms with Gasteiger partial charge < -0.3 is 10.2 Å². The summed E-state index contributed by atoms with van der Waals surface area (Å²) < 4.78 is 0. The molecule has 1 saturated heterocycles. The summed E-state index contributed by atoms with van der Waals surface area (Å²) in [5.41, 5.74) is 1.16. The predicted octanol–water partition coefficient (Wildman–Crippen LogP) is 3.09. The number of carbonyl (C=O) groups excluding carboxylic acids is 3. The van der Waals surface area contributed by atoms with Crippen molar-refractivity contribution in [2.75, 3.05) is 18.0 Å². The molecule has 4 amide bonds. The lowest BCUT2D eigenvalue weighted by Gasteiger charge is -2.30. The average molecular weight is 398 g/mol. The molecule has 2 aromatic rings. The van der Waals surface area contributed by atoms with Crippen LogP contribution in [0.15, 0.2) is 48.5 Å². The third-order valence-corrected chi connectivity index (χ3v) is 5.72. The van der Waals surface area contributed by atoms with Gasteiger partial charge in [0.25, 0.3) is 5.91 Å². The van der Waals surface area contributed by atoms with Crippen molar-refractivity contribution in [2.45, 2.75) is 25.3 Å². The molecular formula is C21H20ClN3O3. The van der Waals surface area contributed by atoms with Crippen LogP contribution in [0.3, 0.4) is 0 Å². The number of imide groups is 1. The van der Waals surface area contributed by atoms with Gasteiger partial charge in [-0.25, -0.2) is 4.79 Å². The second-order valence-electron chi connectivity index (χ2n) is 7.20. The summed E-state index contributed by atoms with van der Waals surface area (Å²) in [5.74, 6) is -0.761. The molecule has 0 radical (unpaired) electrons. The van der Waals surface area contributed by atoms with Crippen molar-refractivity contribution in [3.05, 3.63) is 64.7 Å². The van der Waals surface area contributed by atoms with Crippen molar-refractivity contribution in [1.82, 2.24) is 10.2 Å². The SMILES string of the molecule is C[C@@]1(c2ccccc2Cl)NC(=O)N(CC(=O)N2CCCc3ccccc32)C1=O. The zero-order valence-electron chi connectivity index (χ0n) is 15.4. The second kappa shape index (κ2) is 6.95. The summed E-state index contributed by atoms with van der Waals surface area (Å²) in [6.07, 6.45) is 1.76. The average Bonchev–Trinajstić information content (AvgIpc) is 2.91. The lowest BCUT2D eigenvalue weighted by atomic mass is 9.92. The van der Waals surface area contributed by atoms with Crippen LogP contribution in [0.1, 0.15) is 24.5 Å². The highest BCUT2D eigenvalue weighted by Gasteiger charge is 2.50. The number of urea groups is 1. The highest BCUT2D eigenvalue weighted by Crippen LogP contribution is 2.34. The fraction of sp³-hybridized carbons (Fsp3) is 0.286. The van der Waals surface area contributed by atoms with Crippen molar-refractivity contribution in [3.63, 3.8) is 0 Å². The highest BCUT2D eigenvalue weighted by molar-refractivity contribution is 6.32. The Labute approximate surface area is 168 Å². The van der Waals surface area contributed by atoms with Crippen LogP contribution in [-0.2, 0) is 21.5 Å². The van der Waals surface area contributed by atoms with E-state index >= 15 is 0 Å². The molecule has 0 aromatic heterocycles. The van der Waals surface area contributed by atoms with Crippen LogP contribution >= 0.6 is 11.6 Å². The number of para-hydroxylation sites is 1. The molecule has 7 heteroatoms. The van der Waals surface area contributed by atoms with Crippen LogP contribution in [0.2, 0.25) is 5.02 Å². The number of aryl methyl sites for hydroxylation is 1. The normalized spacial score (nSPS) is 21.5. The molecule has 28 heavy (non-hydrogen) atoms. The molecule has 1 atom stereocenters. The molecule has 144 valence electrons. The number of fused-ring (bicyclic) bond motifs is 1. The van der Waals surface area contributed by atoms with E-state index in [2.05, 4.69) is 5.32 Å². The Morgan fingerprint density at radius 2 is 1.86 bits per heavy atom. The Bertz CT molecular complexity index is 977. The summed E-state index contributed by atoms with van der Waals surface area (Å²) in [6, 6.07) is 14.0. The minimum atomic E-state index is -1.30. The number of benzene rings is 2. The molecule has 2 aliphatic heterocycles. The molecule has 0 bridgehead atoms. The maximum Gasteiger partial charge on any atom is 0.325 e. The molecule has 0 spiro atoms. The van der Waals surface area contributed by atoms with Gasteiger partial charge in [-0.2, -0.15) is 0 Å². The van der Waals surface area contributed by atoms with Crippen LogP contribution in [0.5, 0.6) is 0 Å². The molecule has 2 aliphatic rings. The topological polar surface area (TPSA) is 69.7 Å². The minimum absolute atomic E-state index is 0.279. The molecule has 2 aromatic carbocycles. The number of nitrogens with one attached hydrogen (secondary N) is 1. The maximum atomic E-state index is 13.1. The number of hydrogen-bond acceptors (Lipinski definition) is 3. The van der Waals surface area contributed by atoms with Gasteiger partial charge in [0.1, 0.15) is 12.1 Å². The maximum absolute atomic E-state index is 13.1. The van der Waals surface area contributed by atoms with Crippen LogP contribution in [0.25, 0.3) is 0 Å². The van der Waals surface area contributed by atoms with Crippen molar-refractivity contribution in [1.29, 1.82) is 0 Å². The molecule has 4 rings (SSSR count). The van der Waals surface area contributed by atoms with Gasteiger partial charge in [0.15, 0.2) is 0 Å². The van der Waals surface area contributed by atoms with E-state index in [0.29, 0.717) is 17.1 Å². The lowest BCUT2D eigenvalue weighted by molar-refractivity contribution is -0.134. The minimum Gasteiger partial charge on any atom is -0.319 e. The van der Waals surface area contributed by atoms with E-state index in [1.54, 1.807) is 36.1 Å². The zero-order chi connectivity index (χ0) is 19.9. The van der Waals surface area contributed by atoms with Crippen molar-refractivity contribution in [2.24, 2.45) is 0 Å². The third-order valence-electron chi connectivity index (χ3n) is 5.39. The van der Waals surface area contributed by atoms with E-state index in [0.717, 1.165) is 29.0 Å². The summed E-state index contributed by atoms with van der Waals surface area (Å²) in [6.45, 7) is 1.87. The Kier molecular flexibility index (Phi) is 4.59. The summed E-state index contributed by atoms with van der Waals surface area (Å²) in [7, 11) is 0. The number of halogens is 1. The third kappa shape index (κ3) is 2.94. The Balaban J connectivity index is 1.58. The summed E-state index contributed by atoms with van der Waals surface area (Å²) in [4.78, 5) is 41.2. The standard InChI is InChI=1S/C21H20ClN3O3/c1-21(15-9-3-4-10-16(15)22)19(27)25(20(28)23-21)13-18(26)24-12-6-8-14-7-2-5-11-17(14)24/h2-5,7,9-11H,6,8,12-13H2,1H3,(H,23,28)/t21-/m0/s1. The molecule has 6 nitrogen and oxygen atoms in total. The molecule has 1 N–H and O–H groups in total. The van der Waals surface area contributed by atoms with Crippen molar-refractivity contribution < 1.29 is 14.4 Å². The number of anilines is 1. The fourth-order valence-electron chi connectivity index (χ4n) is 3.90. The first-order valence-electron chi connectivity index (χ1n) is 9.19. The van der Waals surface area contributed by atoms with Crippen molar-refractivity contribution in [3.8, 4) is 0 Å². The smallest absolute Gasteiger partial charge is 0.319 e.